The minimum Gasteiger partial charge on any atom is -0.268 e. The van der Waals surface area contributed by atoms with Crippen LogP contribution in [0.25, 0.3) is 17.1 Å². The molecule has 3 aromatic rings. The van der Waals surface area contributed by atoms with E-state index in [2.05, 4.69) is 10.2 Å². The predicted octanol–water partition coefficient (Wildman–Crippen LogP) is 3.46. The fraction of sp³-hybridized carbons (Fsp3) is 0.222. The van der Waals surface area contributed by atoms with Gasteiger partial charge in [0.15, 0.2) is 10.6 Å². The number of hydrogen-bond donors (Lipinski definition) is 1. The SMILES string of the molecule is Cc1cccc(C)c1-n1c(-c2cccc(S(=O)(=O)N(C)C)c2)n[nH]c1=S. The Kier molecular flexibility index (Phi) is 4.83. The summed E-state index contributed by atoms with van der Waals surface area (Å²) in [5.74, 6) is 0.572. The molecule has 1 aromatic heterocycles. The maximum Gasteiger partial charge on any atom is 0.242 e. The second-order valence-electron chi connectivity index (χ2n) is 6.24. The van der Waals surface area contributed by atoms with Crippen LogP contribution in [0.15, 0.2) is 47.4 Å². The Morgan fingerprint density at radius 3 is 2.31 bits per heavy atom. The molecule has 0 amide bonds. The molecule has 0 radical (unpaired) electrons. The van der Waals surface area contributed by atoms with Crippen molar-refractivity contribution in [3.05, 3.63) is 58.4 Å². The van der Waals surface area contributed by atoms with Crippen molar-refractivity contribution in [3.63, 3.8) is 0 Å². The van der Waals surface area contributed by atoms with Crippen molar-refractivity contribution in [2.45, 2.75) is 18.7 Å². The van der Waals surface area contributed by atoms with Crippen LogP contribution in [0.4, 0.5) is 0 Å². The third-order valence-corrected chi connectivity index (χ3v) is 6.29. The van der Waals surface area contributed by atoms with Crippen molar-refractivity contribution in [3.8, 4) is 17.1 Å². The van der Waals surface area contributed by atoms with Crippen LogP contribution in [0, 0.1) is 18.6 Å². The van der Waals surface area contributed by atoms with E-state index in [1.54, 1.807) is 18.2 Å². The molecule has 1 heterocycles. The van der Waals surface area contributed by atoms with Crippen molar-refractivity contribution >= 4 is 22.2 Å². The molecule has 0 aliphatic heterocycles. The van der Waals surface area contributed by atoms with Gasteiger partial charge < -0.3 is 0 Å². The predicted molar refractivity (Wildman–Crippen MR) is 105 cm³/mol. The number of sulfonamides is 1. The lowest BCUT2D eigenvalue weighted by Crippen LogP contribution is -2.22. The Bertz CT molecular complexity index is 1110. The van der Waals surface area contributed by atoms with E-state index in [1.165, 1.54) is 18.4 Å². The number of para-hydroxylation sites is 1. The van der Waals surface area contributed by atoms with Crippen molar-refractivity contribution in [1.82, 2.24) is 19.1 Å². The highest BCUT2D eigenvalue weighted by Crippen LogP contribution is 2.27. The van der Waals surface area contributed by atoms with Gasteiger partial charge in [0.2, 0.25) is 10.0 Å². The van der Waals surface area contributed by atoms with Crippen molar-refractivity contribution in [2.24, 2.45) is 0 Å². The van der Waals surface area contributed by atoms with Gasteiger partial charge >= 0.3 is 0 Å². The zero-order chi connectivity index (χ0) is 19.1. The van der Waals surface area contributed by atoms with Gasteiger partial charge in [-0.3, -0.25) is 9.67 Å². The van der Waals surface area contributed by atoms with Gasteiger partial charge in [-0.05, 0) is 49.3 Å². The van der Waals surface area contributed by atoms with E-state index in [-0.39, 0.29) is 4.90 Å². The fourth-order valence-corrected chi connectivity index (χ4v) is 4.03. The Morgan fingerprint density at radius 2 is 1.69 bits per heavy atom. The number of nitrogens with zero attached hydrogens (tertiary/aromatic N) is 3. The highest BCUT2D eigenvalue weighted by atomic mass is 32.2. The highest BCUT2D eigenvalue weighted by Gasteiger charge is 2.20. The Balaban J connectivity index is 2.25. The van der Waals surface area contributed by atoms with Gasteiger partial charge in [0.05, 0.1) is 10.6 Å². The first-order valence-corrected chi connectivity index (χ1v) is 9.85. The molecule has 0 saturated carbocycles. The molecule has 26 heavy (non-hydrogen) atoms. The third kappa shape index (κ3) is 3.11. The van der Waals surface area contributed by atoms with E-state index in [0.29, 0.717) is 16.2 Å². The smallest absolute Gasteiger partial charge is 0.242 e. The van der Waals surface area contributed by atoms with E-state index in [4.69, 9.17) is 12.2 Å². The van der Waals surface area contributed by atoms with Crippen LogP contribution < -0.4 is 0 Å². The van der Waals surface area contributed by atoms with Crippen LogP contribution in [0.2, 0.25) is 0 Å². The number of H-pyrrole nitrogens is 1. The molecule has 0 spiro atoms. The summed E-state index contributed by atoms with van der Waals surface area (Å²) in [7, 11) is -0.517. The molecular weight excluding hydrogens is 368 g/mol. The maximum atomic E-state index is 12.5. The normalized spacial score (nSPS) is 11.9. The van der Waals surface area contributed by atoms with Gasteiger partial charge in [0.25, 0.3) is 0 Å². The van der Waals surface area contributed by atoms with Crippen LogP contribution in [0.3, 0.4) is 0 Å². The van der Waals surface area contributed by atoms with Gasteiger partial charge in [-0.1, -0.05) is 30.3 Å². The molecule has 8 heteroatoms. The topological polar surface area (TPSA) is 71.0 Å². The summed E-state index contributed by atoms with van der Waals surface area (Å²) in [5.41, 5.74) is 3.73. The number of aryl methyl sites for hydroxylation is 2. The highest BCUT2D eigenvalue weighted by molar-refractivity contribution is 7.89. The Labute approximate surface area is 158 Å². The lowest BCUT2D eigenvalue weighted by Gasteiger charge is -2.14. The summed E-state index contributed by atoms with van der Waals surface area (Å²) in [4.78, 5) is 0.210. The fourth-order valence-electron chi connectivity index (χ4n) is 2.86. The van der Waals surface area contributed by atoms with E-state index in [9.17, 15) is 8.42 Å². The minimum absolute atomic E-state index is 0.210. The van der Waals surface area contributed by atoms with Crippen molar-refractivity contribution in [2.75, 3.05) is 14.1 Å². The molecule has 3 rings (SSSR count). The summed E-state index contributed by atoms with van der Waals surface area (Å²) in [6.45, 7) is 4.02. The first-order chi connectivity index (χ1) is 12.2. The van der Waals surface area contributed by atoms with Gasteiger partial charge in [-0.15, -0.1) is 0 Å². The summed E-state index contributed by atoms with van der Waals surface area (Å²) in [6, 6.07) is 12.7. The number of aromatic amines is 1. The number of rotatable bonds is 4. The molecule has 1 N–H and O–H groups in total. The van der Waals surface area contributed by atoms with Crippen molar-refractivity contribution < 1.29 is 8.42 Å². The molecule has 2 aromatic carbocycles. The lowest BCUT2D eigenvalue weighted by atomic mass is 10.1. The van der Waals surface area contributed by atoms with Crippen molar-refractivity contribution in [1.29, 1.82) is 0 Å². The third-order valence-electron chi connectivity index (χ3n) is 4.21. The molecule has 0 atom stereocenters. The molecule has 0 saturated heterocycles. The maximum absolute atomic E-state index is 12.5. The minimum atomic E-state index is -3.53. The molecule has 6 nitrogen and oxygen atoms in total. The molecule has 0 aliphatic rings. The second-order valence-corrected chi connectivity index (χ2v) is 8.78. The molecule has 0 aliphatic carbocycles. The molecule has 136 valence electrons. The average molecular weight is 389 g/mol. The van der Waals surface area contributed by atoms with Crippen LogP contribution >= 0.6 is 12.2 Å². The van der Waals surface area contributed by atoms with Crippen LogP contribution in [-0.4, -0.2) is 41.6 Å². The van der Waals surface area contributed by atoms with Crippen LogP contribution in [0.5, 0.6) is 0 Å². The van der Waals surface area contributed by atoms with E-state index in [1.807, 2.05) is 42.7 Å². The van der Waals surface area contributed by atoms with Crippen LogP contribution in [-0.2, 0) is 10.0 Å². The summed E-state index contributed by atoms with van der Waals surface area (Å²) in [6.07, 6.45) is 0. The van der Waals surface area contributed by atoms with E-state index < -0.39 is 10.0 Å². The zero-order valence-corrected chi connectivity index (χ0v) is 16.6. The van der Waals surface area contributed by atoms with E-state index >= 15 is 0 Å². The van der Waals surface area contributed by atoms with Gasteiger partial charge in [-0.2, -0.15) is 5.10 Å². The first-order valence-electron chi connectivity index (χ1n) is 8.00. The average Bonchev–Trinajstić information content (AvgIpc) is 2.96. The van der Waals surface area contributed by atoms with Gasteiger partial charge in [0.1, 0.15) is 0 Å². The quantitative estimate of drug-likeness (QED) is 0.695. The number of hydrogen-bond acceptors (Lipinski definition) is 4. The summed E-state index contributed by atoms with van der Waals surface area (Å²) >= 11 is 5.44. The summed E-state index contributed by atoms with van der Waals surface area (Å²) < 4.78 is 28.4. The molecule has 0 bridgehead atoms. The molecule has 0 fully saturated rings. The number of benzene rings is 2. The Hall–Kier alpha value is -2.29. The van der Waals surface area contributed by atoms with Crippen LogP contribution in [0.1, 0.15) is 11.1 Å². The van der Waals surface area contributed by atoms with Gasteiger partial charge in [-0.25, -0.2) is 12.7 Å². The second kappa shape index (κ2) is 6.79. The van der Waals surface area contributed by atoms with E-state index in [0.717, 1.165) is 16.8 Å². The largest absolute Gasteiger partial charge is 0.268 e. The summed E-state index contributed by atoms with van der Waals surface area (Å²) in [5, 5.41) is 7.18. The molecular formula is C18H20N4O2S2. The van der Waals surface area contributed by atoms with Gasteiger partial charge in [0, 0.05) is 19.7 Å². The Morgan fingerprint density at radius 1 is 1.08 bits per heavy atom. The number of nitrogens with one attached hydrogen (secondary N) is 1. The zero-order valence-electron chi connectivity index (χ0n) is 15.0. The number of aromatic nitrogens is 3. The standard InChI is InChI=1S/C18H20N4O2S2/c1-12-7-5-8-13(2)16(12)22-17(19-20-18(22)25)14-9-6-10-15(11-14)26(23,24)21(3)4/h5-11H,1-4H3,(H,20,25). The monoisotopic (exact) mass is 388 g/mol. The first kappa shape index (κ1) is 18.5. The lowest BCUT2D eigenvalue weighted by molar-refractivity contribution is 0.521. The molecule has 0 unspecified atom stereocenters.